The van der Waals surface area contributed by atoms with E-state index in [1.807, 2.05) is 13.8 Å². The Balaban J connectivity index is 2.87. The van der Waals surface area contributed by atoms with Gasteiger partial charge < -0.3 is 36.6 Å². The minimum absolute atomic E-state index is 0.0116. The summed E-state index contributed by atoms with van der Waals surface area (Å²) < 4.78 is 0. The number of nitrogens with zero attached hydrogens (tertiary/aromatic N) is 1. The average molecular weight is 402 g/mol. The van der Waals surface area contributed by atoms with E-state index in [1.165, 1.54) is 4.90 Å². The van der Waals surface area contributed by atoms with Gasteiger partial charge in [-0.1, -0.05) is 13.8 Å². The van der Waals surface area contributed by atoms with Gasteiger partial charge in [0.25, 0.3) is 0 Å². The molecule has 0 bridgehead atoms. The van der Waals surface area contributed by atoms with E-state index in [4.69, 9.17) is 21.1 Å². The molecule has 11 heteroatoms. The molecule has 160 valence electrons. The maximum absolute atomic E-state index is 12.7. The Kier molecular flexibility index (Phi) is 9.29. The molecule has 0 aromatic carbocycles. The SMILES string of the molecule is CC(C)CC(NC(=O)C1CCCN1C(=O)C(N)CO)C(=O)NC(CO)C(=O)O. The smallest absolute Gasteiger partial charge is 0.328 e. The Morgan fingerprint density at radius 2 is 1.75 bits per heavy atom. The molecule has 4 atom stereocenters. The van der Waals surface area contributed by atoms with Crippen molar-refractivity contribution in [1.82, 2.24) is 15.5 Å². The first kappa shape index (κ1) is 23.8. The van der Waals surface area contributed by atoms with E-state index in [-0.39, 0.29) is 12.3 Å². The third kappa shape index (κ3) is 6.43. The standard InChI is InChI=1S/C17H30N4O7/c1-9(2)6-11(14(24)20-12(8-23)17(27)28)19-15(25)13-4-3-5-21(13)16(26)10(18)7-22/h9-13,22-23H,3-8,18H2,1-2H3,(H,19,25)(H,20,24)(H,27,28). The number of likely N-dealkylation sites (tertiary alicyclic amines) is 1. The first-order valence-corrected chi connectivity index (χ1v) is 9.23. The molecule has 28 heavy (non-hydrogen) atoms. The van der Waals surface area contributed by atoms with Gasteiger partial charge in [-0.2, -0.15) is 0 Å². The minimum Gasteiger partial charge on any atom is -0.480 e. The zero-order chi connectivity index (χ0) is 21.4. The molecule has 11 nitrogen and oxygen atoms in total. The number of rotatable bonds is 10. The average Bonchev–Trinajstić information content (AvgIpc) is 3.13. The van der Waals surface area contributed by atoms with E-state index in [2.05, 4.69) is 10.6 Å². The number of amides is 3. The van der Waals surface area contributed by atoms with Gasteiger partial charge in [0.15, 0.2) is 0 Å². The van der Waals surface area contributed by atoms with Crippen molar-refractivity contribution in [1.29, 1.82) is 0 Å². The molecule has 0 aromatic rings. The van der Waals surface area contributed by atoms with Crippen molar-refractivity contribution in [2.45, 2.75) is 57.3 Å². The van der Waals surface area contributed by atoms with Gasteiger partial charge in [-0.05, 0) is 25.2 Å². The van der Waals surface area contributed by atoms with E-state index in [9.17, 15) is 19.2 Å². The molecule has 0 aliphatic carbocycles. The molecule has 0 saturated carbocycles. The van der Waals surface area contributed by atoms with Crippen LogP contribution in [0.25, 0.3) is 0 Å². The second-order valence-electron chi connectivity index (χ2n) is 7.25. The third-order valence-electron chi connectivity index (χ3n) is 4.49. The van der Waals surface area contributed by atoms with Gasteiger partial charge in [0, 0.05) is 6.54 Å². The van der Waals surface area contributed by atoms with E-state index in [0.717, 1.165) is 0 Å². The van der Waals surface area contributed by atoms with E-state index in [1.54, 1.807) is 0 Å². The fraction of sp³-hybridized carbons (Fsp3) is 0.765. The molecular formula is C17H30N4O7. The highest BCUT2D eigenvalue weighted by Gasteiger charge is 2.37. The Bertz CT molecular complexity index is 584. The fourth-order valence-electron chi connectivity index (χ4n) is 3.02. The van der Waals surface area contributed by atoms with Gasteiger partial charge in [-0.3, -0.25) is 14.4 Å². The highest BCUT2D eigenvalue weighted by atomic mass is 16.4. The number of carbonyl (C=O) groups excluding carboxylic acids is 3. The van der Waals surface area contributed by atoms with Crippen molar-refractivity contribution < 1.29 is 34.5 Å². The quantitative estimate of drug-likeness (QED) is 0.230. The van der Waals surface area contributed by atoms with Crippen LogP contribution in [0.5, 0.6) is 0 Å². The number of carboxylic acids is 1. The summed E-state index contributed by atoms with van der Waals surface area (Å²) in [5, 5.41) is 31.9. The number of aliphatic hydroxyl groups is 2. The molecular weight excluding hydrogens is 372 g/mol. The van der Waals surface area contributed by atoms with Crippen LogP contribution in [0, 0.1) is 5.92 Å². The summed E-state index contributed by atoms with van der Waals surface area (Å²) in [6.45, 7) is 2.65. The summed E-state index contributed by atoms with van der Waals surface area (Å²) in [6.07, 6.45) is 1.21. The normalized spacial score (nSPS) is 19.8. The molecule has 3 amide bonds. The summed E-state index contributed by atoms with van der Waals surface area (Å²) in [6, 6.07) is -4.44. The molecule has 0 spiro atoms. The number of nitrogens with two attached hydrogens (primary N) is 1. The number of hydrogen-bond donors (Lipinski definition) is 6. The van der Waals surface area contributed by atoms with Crippen molar-refractivity contribution >= 4 is 23.7 Å². The summed E-state index contributed by atoms with van der Waals surface area (Å²) in [5.41, 5.74) is 5.56. The summed E-state index contributed by atoms with van der Waals surface area (Å²) in [4.78, 5) is 49.7. The highest BCUT2D eigenvalue weighted by molar-refractivity contribution is 5.94. The van der Waals surface area contributed by atoms with Crippen LogP contribution >= 0.6 is 0 Å². The molecule has 1 aliphatic heterocycles. The lowest BCUT2D eigenvalue weighted by Gasteiger charge is -2.28. The summed E-state index contributed by atoms with van der Waals surface area (Å²) in [5.74, 6) is -3.20. The Labute approximate surface area is 163 Å². The Hall–Kier alpha value is -2.24. The lowest BCUT2D eigenvalue weighted by molar-refractivity contribution is -0.144. The molecule has 0 aromatic heterocycles. The zero-order valence-corrected chi connectivity index (χ0v) is 16.1. The maximum atomic E-state index is 12.7. The Morgan fingerprint density at radius 3 is 2.25 bits per heavy atom. The largest absolute Gasteiger partial charge is 0.480 e. The van der Waals surface area contributed by atoms with E-state index >= 15 is 0 Å². The van der Waals surface area contributed by atoms with Gasteiger partial charge in [0.05, 0.1) is 13.2 Å². The minimum atomic E-state index is -1.48. The van der Waals surface area contributed by atoms with Crippen molar-refractivity contribution in [3.63, 3.8) is 0 Å². The predicted molar refractivity (Wildman–Crippen MR) is 97.8 cm³/mol. The van der Waals surface area contributed by atoms with Crippen LogP contribution in [0.1, 0.15) is 33.1 Å². The molecule has 4 unspecified atom stereocenters. The zero-order valence-electron chi connectivity index (χ0n) is 16.1. The van der Waals surface area contributed by atoms with Crippen LogP contribution in [-0.2, 0) is 19.2 Å². The molecule has 1 saturated heterocycles. The van der Waals surface area contributed by atoms with Crippen molar-refractivity contribution in [2.75, 3.05) is 19.8 Å². The van der Waals surface area contributed by atoms with Gasteiger partial charge in [0.2, 0.25) is 17.7 Å². The first-order valence-electron chi connectivity index (χ1n) is 9.23. The number of carbonyl (C=O) groups is 4. The second kappa shape index (κ2) is 10.9. The van der Waals surface area contributed by atoms with Crippen LogP contribution in [-0.4, -0.2) is 87.8 Å². The van der Waals surface area contributed by atoms with Crippen LogP contribution in [0.2, 0.25) is 0 Å². The number of carboxylic acid groups (broad SMARTS) is 1. The van der Waals surface area contributed by atoms with Crippen molar-refractivity contribution in [3.05, 3.63) is 0 Å². The van der Waals surface area contributed by atoms with Crippen LogP contribution in [0.15, 0.2) is 0 Å². The third-order valence-corrected chi connectivity index (χ3v) is 4.49. The molecule has 1 aliphatic rings. The summed E-state index contributed by atoms with van der Waals surface area (Å²) >= 11 is 0. The van der Waals surface area contributed by atoms with Crippen molar-refractivity contribution in [2.24, 2.45) is 11.7 Å². The van der Waals surface area contributed by atoms with Crippen LogP contribution in [0.4, 0.5) is 0 Å². The van der Waals surface area contributed by atoms with Gasteiger partial charge in [-0.25, -0.2) is 4.79 Å². The molecule has 1 rings (SSSR count). The predicted octanol–water partition coefficient (Wildman–Crippen LogP) is -2.61. The number of aliphatic hydroxyl groups excluding tert-OH is 2. The van der Waals surface area contributed by atoms with Crippen molar-refractivity contribution in [3.8, 4) is 0 Å². The highest BCUT2D eigenvalue weighted by Crippen LogP contribution is 2.19. The van der Waals surface area contributed by atoms with Crippen LogP contribution in [0.3, 0.4) is 0 Å². The topological polar surface area (TPSA) is 182 Å². The lowest BCUT2D eigenvalue weighted by atomic mass is 10.0. The number of hydrogen-bond acceptors (Lipinski definition) is 7. The fourth-order valence-corrected chi connectivity index (χ4v) is 3.02. The number of aliphatic carboxylic acids is 1. The monoisotopic (exact) mass is 402 g/mol. The Morgan fingerprint density at radius 1 is 1.11 bits per heavy atom. The molecule has 1 heterocycles. The molecule has 7 N–H and O–H groups in total. The second-order valence-corrected chi connectivity index (χ2v) is 7.25. The van der Waals surface area contributed by atoms with Gasteiger partial charge in [0.1, 0.15) is 24.2 Å². The van der Waals surface area contributed by atoms with Gasteiger partial charge in [-0.15, -0.1) is 0 Å². The van der Waals surface area contributed by atoms with E-state index in [0.29, 0.717) is 19.4 Å². The molecule has 0 radical (unpaired) electrons. The lowest BCUT2D eigenvalue weighted by Crippen LogP contribution is -2.57. The van der Waals surface area contributed by atoms with Crippen LogP contribution < -0.4 is 16.4 Å². The maximum Gasteiger partial charge on any atom is 0.328 e. The number of nitrogens with one attached hydrogen (secondary N) is 2. The summed E-state index contributed by atoms with van der Waals surface area (Å²) in [7, 11) is 0. The molecule has 1 fully saturated rings. The first-order chi connectivity index (χ1) is 13.1. The van der Waals surface area contributed by atoms with Gasteiger partial charge >= 0.3 is 5.97 Å². The van der Waals surface area contributed by atoms with E-state index < -0.39 is 61.1 Å².